The normalized spacial score (nSPS) is 19.3. The molecule has 2 rings (SSSR count). The van der Waals surface area contributed by atoms with Gasteiger partial charge in [-0.05, 0) is 31.4 Å². The first kappa shape index (κ1) is 16.4. The van der Waals surface area contributed by atoms with E-state index in [1.165, 1.54) is 26.0 Å². The summed E-state index contributed by atoms with van der Waals surface area (Å²) in [6.07, 6.45) is 0.264. The number of hydrogen-bond donors (Lipinski definition) is 1. The first-order chi connectivity index (χ1) is 10.1. The number of hydrogen-bond acceptors (Lipinski definition) is 5. The largest absolute Gasteiger partial charge is 0.481 e. The van der Waals surface area contributed by atoms with E-state index >= 15 is 0 Å². The third-order valence-corrected chi connectivity index (χ3v) is 5.93. The van der Waals surface area contributed by atoms with Crippen LogP contribution in [0.2, 0.25) is 0 Å². The summed E-state index contributed by atoms with van der Waals surface area (Å²) < 4.78 is 26.5. The molecule has 0 bridgehead atoms. The van der Waals surface area contributed by atoms with Gasteiger partial charge in [0, 0.05) is 25.2 Å². The van der Waals surface area contributed by atoms with Crippen molar-refractivity contribution in [3.05, 3.63) is 33.4 Å². The molecule has 0 radical (unpaired) electrons. The number of nitrogens with zero attached hydrogens (tertiary/aromatic N) is 2. The van der Waals surface area contributed by atoms with Gasteiger partial charge in [0.15, 0.2) is 0 Å². The molecular weight excluding hydrogens is 312 g/mol. The van der Waals surface area contributed by atoms with Crippen molar-refractivity contribution in [3.8, 4) is 0 Å². The molecule has 0 saturated carbocycles. The van der Waals surface area contributed by atoms with Gasteiger partial charge in [0.25, 0.3) is 5.69 Å². The van der Waals surface area contributed by atoms with Crippen molar-refractivity contribution in [1.29, 1.82) is 0 Å². The molecule has 1 saturated heterocycles. The van der Waals surface area contributed by atoms with E-state index in [-0.39, 0.29) is 41.2 Å². The van der Waals surface area contributed by atoms with Gasteiger partial charge in [-0.2, -0.15) is 4.31 Å². The molecule has 0 aromatic heterocycles. The van der Waals surface area contributed by atoms with Gasteiger partial charge in [0.1, 0.15) is 0 Å². The zero-order valence-electron chi connectivity index (χ0n) is 12.1. The lowest BCUT2D eigenvalue weighted by Crippen LogP contribution is -2.31. The summed E-state index contributed by atoms with van der Waals surface area (Å²) in [6, 6.07) is 2.43. The Balaban J connectivity index is 2.43. The van der Waals surface area contributed by atoms with Crippen molar-refractivity contribution in [1.82, 2.24) is 4.31 Å². The molecule has 1 fully saturated rings. The Kier molecular flexibility index (Phi) is 4.21. The highest BCUT2D eigenvalue weighted by Crippen LogP contribution is 2.31. The maximum absolute atomic E-state index is 12.7. The molecule has 0 aliphatic carbocycles. The second-order valence-electron chi connectivity index (χ2n) is 5.35. The van der Waals surface area contributed by atoms with Crippen molar-refractivity contribution in [2.24, 2.45) is 5.92 Å². The lowest BCUT2D eigenvalue weighted by Gasteiger charge is -2.19. The Bertz CT molecular complexity index is 720. The van der Waals surface area contributed by atoms with Gasteiger partial charge < -0.3 is 5.11 Å². The molecule has 1 aliphatic rings. The van der Waals surface area contributed by atoms with Gasteiger partial charge in [-0.25, -0.2) is 8.42 Å². The van der Waals surface area contributed by atoms with Crippen LogP contribution in [0.15, 0.2) is 17.0 Å². The van der Waals surface area contributed by atoms with E-state index in [2.05, 4.69) is 0 Å². The molecule has 1 aliphatic heterocycles. The van der Waals surface area contributed by atoms with Gasteiger partial charge in [0.2, 0.25) is 10.0 Å². The smallest absolute Gasteiger partial charge is 0.307 e. The second-order valence-corrected chi connectivity index (χ2v) is 7.23. The highest BCUT2D eigenvalue weighted by atomic mass is 32.2. The van der Waals surface area contributed by atoms with E-state index in [1.807, 2.05) is 0 Å². The molecule has 120 valence electrons. The molecule has 1 unspecified atom stereocenters. The van der Waals surface area contributed by atoms with E-state index in [0.717, 1.165) is 4.31 Å². The Morgan fingerprint density at radius 1 is 1.36 bits per heavy atom. The number of aryl methyl sites for hydroxylation is 2. The fraction of sp³-hybridized carbons (Fsp3) is 0.462. The van der Waals surface area contributed by atoms with Crippen LogP contribution in [0.1, 0.15) is 17.5 Å². The van der Waals surface area contributed by atoms with Gasteiger partial charge in [0.05, 0.1) is 15.7 Å². The molecule has 0 spiro atoms. The fourth-order valence-corrected chi connectivity index (χ4v) is 4.63. The van der Waals surface area contributed by atoms with Crippen LogP contribution in [0.5, 0.6) is 0 Å². The number of nitro groups is 1. The summed E-state index contributed by atoms with van der Waals surface area (Å²) in [5, 5.41) is 19.8. The first-order valence-electron chi connectivity index (χ1n) is 6.63. The molecular formula is C13H16N2O6S. The van der Waals surface area contributed by atoms with Crippen LogP contribution in [0.25, 0.3) is 0 Å². The quantitative estimate of drug-likeness (QED) is 0.657. The number of nitro benzene ring substituents is 1. The molecule has 22 heavy (non-hydrogen) atoms. The van der Waals surface area contributed by atoms with Crippen LogP contribution >= 0.6 is 0 Å². The monoisotopic (exact) mass is 328 g/mol. The lowest BCUT2D eigenvalue weighted by atomic mass is 10.1. The topological polar surface area (TPSA) is 118 Å². The molecule has 9 heteroatoms. The van der Waals surface area contributed by atoms with Crippen molar-refractivity contribution >= 4 is 21.7 Å². The Hall–Kier alpha value is -2.00. The third-order valence-electron chi connectivity index (χ3n) is 3.75. The summed E-state index contributed by atoms with van der Waals surface area (Å²) in [5.41, 5.74) is 0.398. The van der Waals surface area contributed by atoms with Crippen molar-refractivity contribution in [3.63, 3.8) is 0 Å². The second kappa shape index (κ2) is 5.65. The number of non-ortho nitro benzene ring substituents is 1. The van der Waals surface area contributed by atoms with Gasteiger partial charge in [-0.1, -0.05) is 0 Å². The van der Waals surface area contributed by atoms with E-state index < -0.39 is 26.8 Å². The minimum atomic E-state index is -3.86. The third kappa shape index (κ3) is 2.81. The van der Waals surface area contributed by atoms with Crippen molar-refractivity contribution in [2.75, 3.05) is 13.1 Å². The molecule has 1 atom stereocenters. The Morgan fingerprint density at radius 3 is 2.32 bits per heavy atom. The van der Waals surface area contributed by atoms with Crippen molar-refractivity contribution in [2.45, 2.75) is 25.2 Å². The minimum absolute atomic E-state index is 0.0177. The zero-order chi connectivity index (χ0) is 16.7. The number of carboxylic acid groups (broad SMARTS) is 1. The Labute approximate surface area is 127 Å². The summed E-state index contributed by atoms with van der Waals surface area (Å²) in [4.78, 5) is 21.2. The molecule has 1 heterocycles. The first-order valence-corrected chi connectivity index (χ1v) is 8.07. The molecule has 1 aromatic rings. The number of carbonyl (C=O) groups is 1. The average molecular weight is 328 g/mol. The van der Waals surface area contributed by atoms with E-state index in [0.29, 0.717) is 0 Å². The number of benzene rings is 1. The molecule has 0 amide bonds. The summed E-state index contributed by atoms with van der Waals surface area (Å²) in [7, 11) is -3.86. The number of carboxylic acids is 1. The highest BCUT2D eigenvalue weighted by Gasteiger charge is 2.37. The summed E-state index contributed by atoms with van der Waals surface area (Å²) in [5.74, 6) is -1.73. The average Bonchev–Trinajstić information content (AvgIpc) is 2.87. The number of sulfonamides is 1. The van der Waals surface area contributed by atoms with Gasteiger partial charge in [-0.3, -0.25) is 14.9 Å². The lowest BCUT2D eigenvalue weighted by molar-refractivity contribution is -0.385. The summed E-state index contributed by atoms with van der Waals surface area (Å²) >= 11 is 0. The van der Waals surface area contributed by atoms with E-state index in [1.54, 1.807) is 0 Å². The molecule has 1 N–H and O–H groups in total. The SMILES string of the molecule is Cc1cc([N+](=O)[O-])cc(C)c1S(=O)(=O)N1CCC(C(=O)O)C1. The zero-order valence-corrected chi connectivity index (χ0v) is 13.0. The molecule has 1 aromatic carbocycles. The predicted molar refractivity (Wildman–Crippen MR) is 77.1 cm³/mol. The van der Waals surface area contributed by atoms with Crippen LogP contribution in [-0.4, -0.2) is 41.8 Å². The van der Waals surface area contributed by atoms with E-state index in [9.17, 15) is 23.3 Å². The van der Waals surface area contributed by atoms with Crippen LogP contribution in [-0.2, 0) is 14.8 Å². The van der Waals surface area contributed by atoms with Gasteiger partial charge in [-0.15, -0.1) is 0 Å². The van der Waals surface area contributed by atoms with E-state index in [4.69, 9.17) is 5.11 Å². The Morgan fingerprint density at radius 2 is 1.91 bits per heavy atom. The fourth-order valence-electron chi connectivity index (χ4n) is 2.72. The minimum Gasteiger partial charge on any atom is -0.481 e. The summed E-state index contributed by atoms with van der Waals surface area (Å²) in [6.45, 7) is 3.05. The highest BCUT2D eigenvalue weighted by molar-refractivity contribution is 7.89. The maximum Gasteiger partial charge on any atom is 0.307 e. The van der Waals surface area contributed by atoms with Crippen molar-refractivity contribution < 1.29 is 23.2 Å². The van der Waals surface area contributed by atoms with Crippen LogP contribution in [0, 0.1) is 29.9 Å². The maximum atomic E-state index is 12.7. The number of aliphatic carboxylic acids is 1. The van der Waals surface area contributed by atoms with Crippen LogP contribution < -0.4 is 0 Å². The van der Waals surface area contributed by atoms with Crippen LogP contribution in [0.3, 0.4) is 0 Å². The predicted octanol–water partition coefficient (Wildman–Crippen LogP) is 1.31. The van der Waals surface area contributed by atoms with Gasteiger partial charge >= 0.3 is 5.97 Å². The number of rotatable bonds is 4. The standard InChI is InChI=1S/C13H16N2O6S/c1-8-5-11(15(18)19)6-9(2)12(8)22(20,21)14-4-3-10(7-14)13(16)17/h5-6,10H,3-4,7H2,1-2H3,(H,16,17). The molecule has 8 nitrogen and oxygen atoms in total. The van der Waals surface area contributed by atoms with Crippen LogP contribution in [0.4, 0.5) is 5.69 Å².